The van der Waals surface area contributed by atoms with Crippen molar-refractivity contribution in [1.29, 1.82) is 0 Å². The average Bonchev–Trinajstić information content (AvgIpc) is 2.56. The van der Waals surface area contributed by atoms with Crippen molar-refractivity contribution in [2.75, 3.05) is 18.4 Å². The zero-order valence-corrected chi connectivity index (χ0v) is 15.2. The first-order valence-electron chi connectivity index (χ1n) is 7.87. The van der Waals surface area contributed by atoms with Gasteiger partial charge in [-0.25, -0.2) is 12.8 Å². The Hall–Kier alpha value is -2.25. The standard InChI is InChI=1S/C18H21FN2O3S/c1-4-21(12-18(22)20-16-8-6-5-7-15(16)19)25(23,24)17-11-13(2)9-10-14(17)3/h5-11H,4,12H2,1-3H3,(H,20,22). The Balaban J connectivity index is 2.22. The van der Waals surface area contributed by atoms with Gasteiger partial charge in [-0.1, -0.05) is 31.2 Å². The van der Waals surface area contributed by atoms with E-state index in [2.05, 4.69) is 5.32 Å². The van der Waals surface area contributed by atoms with Crippen molar-refractivity contribution in [1.82, 2.24) is 4.31 Å². The van der Waals surface area contributed by atoms with E-state index in [9.17, 15) is 17.6 Å². The van der Waals surface area contributed by atoms with Crippen LogP contribution in [0.15, 0.2) is 47.4 Å². The minimum absolute atomic E-state index is 0.0210. The molecule has 2 aromatic rings. The first kappa shape index (κ1) is 19.1. The van der Waals surface area contributed by atoms with Gasteiger partial charge in [-0.05, 0) is 43.2 Å². The van der Waals surface area contributed by atoms with E-state index in [0.29, 0.717) is 5.56 Å². The molecule has 7 heteroatoms. The van der Waals surface area contributed by atoms with Crippen molar-refractivity contribution in [3.63, 3.8) is 0 Å². The number of hydrogen-bond donors (Lipinski definition) is 1. The number of nitrogens with zero attached hydrogens (tertiary/aromatic N) is 1. The topological polar surface area (TPSA) is 66.5 Å². The van der Waals surface area contributed by atoms with E-state index in [-0.39, 0.29) is 23.7 Å². The van der Waals surface area contributed by atoms with Gasteiger partial charge in [-0.2, -0.15) is 4.31 Å². The highest BCUT2D eigenvalue weighted by Crippen LogP contribution is 2.21. The number of benzene rings is 2. The molecule has 0 aliphatic heterocycles. The number of aryl methyl sites for hydroxylation is 2. The van der Waals surface area contributed by atoms with Crippen LogP contribution in [-0.4, -0.2) is 31.7 Å². The van der Waals surface area contributed by atoms with Crippen LogP contribution in [0.5, 0.6) is 0 Å². The lowest BCUT2D eigenvalue weighted by molar-refractivity contribution is -0.116. The molecule has 0 atom stereocenters. The van der Waals surface area contributed by atoms with Gasteiger partial charge >= 0.3 is 0 Å². The van der Waals surface area contributed by atoms with Crippen LogP contribution in [0.3, 0.4) is 0 Å². The summed E-state index contributed by atoms with van der Waals surface area (Å²) in [5.41, 5.74) is 1.45. The smallest absolute Gasteiger partial charge is 0.243 e. The van der Waals surface area contributed by atoms with E-state index in [1.54, 1.807) is 39.0 Å². The molecule has 5 nitrogen and oxygen atoms in total. The van der Waals surface area contributed by atoms with Gasteiger partial charge in [0.15, 0.2) is 0 Å². The highest BCUT2D eigenvalue weighted by atomic mass is 32.2. The Morgan fingerprint density at radius 3 is 2.48 bits per heavy atom. The lowest BCUT2D eigenvalue weighted by Gasteiger charge is -2.21. The van der Waals surface area contributed by atoms with Crippen molar-refractivity contribution >= 4 is 21.6 Å². The molecule has 1 amide bonds. The Labute approximate surface area is 147 Å². The van der Waals surface area contributed by atoms with Gasteiger partial charge in [-0.15, -0.1) is 0 Å². The summed E-state index contributed by atoms with van der Waals surface area (Å²) in [4.78, 5) is 12.4. The van der Waals surface area contributed by atoms with E-state index in [1.807, 2.05) is 6.07 Å². The summed E-state index contributed by atoms with van der Waals surface area (Å²) in [6.45, 7) is 4.90. The quantitative estimate of drug-likeness (QED) is 0.856. The van der Waals surface area contributed by atoms with Crippen molar-refractivity contribution in [2.24, 2.45) is 0 Å². The number of hydrogen-bond acceptors (Lipinski definition) is 3. The maximum absolute atomic E-state index is 13.6. The molecule has 0 saturated carbocycles. The number of nitrogens with one attached hydrogen (secondary N) is 1. The molecular formula is C18H21FN2O3S. The van der Waals surface area contributed by atoms with Gasteiger partial charge < -0.3 is 5.32 Å². The summed E-state index contributed by atoms with van der Waals surface area (Å²) in [5, 5.41) is 2.40. The fraction of sp³-hybridized carbons (Fsp3) is 0.278. The summed E-state index contributed by atoms with van der Waals surface area (Å²) in [7, 11) is -3.82. The molecule has 0 unspecified atom stereocenters. The molecule has 0 aliphatic carbocycles. The van der Waals surface area contributed by atoms with Gasteiger partial charge in [0.05, 0.1) is 17.1 Å². The van der Waals surface area contributed by atoms with Gasteiger partial charge in [0.25, 0.3) is 0 Å². The summed E-state index contributed by atoms with van der Waals surface area (Å²) in [6, 6.07) is 10.9. The predicted octanol–water partition coefficient (Wildman–Crippen LogP) is 3.09. The Bertz CT molecular complexity index is 882. The number of anilines is 1. The second kappa shape index (κ2) is 7.76. The molecule has 0 saturated heterocycles. The van der Waals surface area contributed by atoms with Crippen LogP contribution in [-0.2, 0) is 14.8 Å². The van der Waals surface area contributed by atoms with Crippen LogP contribution in [0, 0.1) is 19.7 Å². The minimum Gasteiger partial charge on any atom is -0.322 e. The Morgan fingerprint density at radius 1 is 1.16 bits per heavy atom. The van der Waals surface area contributed by atoms with Crippen LogP contribution in [0.2, 0.25) is 0 Å². The van der Waals surface area contributed by atoms with E-state index in [1.165, 1.54) is 18.2 Å². The summed E-state index contributed by atoms with van der Waals surface area (Å²) < 4.78 is 40.4. The third-order valence-electron chi connectivity index (χ3n) is 3.78. The zero-order valence-electron chi connectivity index (χ0n) is 14.4. The fourth-order valence-corrected chi connectivity index (χ4v) is 4.12. The van der Waals surface area contributed by atoms with Crippen LogP contribution >= 0.6 is 0 Å². The molecule has 0 fully saturated rings. The largest absolute Gasteiger partial charge is 0.322 e. The fourth-order valence-electron chi connectivity index (χ4n) is 2.40. The van der Waals surface area contributed by atoms with E-state index in [4.69, 9.17) is 0 Å². The number of carbonyl (C=O) groups excluding carboxylic acids is 1. The zero-order chi connectivity index (χ0) is 18.6. The monoisotopic (exact) mass is 364 g/mol. The molecule has 0 aliphatic rings. The molecule has 25 heavy (non-hydrogen) atoms. The number of rotatable bonds is 6. The van der Waals surface area contributed by atoms with Crippen molar-refractivity contribution in [3.8, 4) is 0 Å². The lowest BCUT2D eigenvalue weighted by Crippen LogP contribution is -2.38. The molecule has 1 N–H and O–H groups in total. The number of likely N-dealkylation sites (N-methyl/N-ethyl adjacent to an activating group) is 1. The number of halogens is 1. The molecule has 0 heterocycles. The Morgan fingerprint density at radius 2 is 1.84 bits per heavy atom. The minimum atomic E-state index is -3.82. The van der Waals surface area contributed by atoms with E-state index in [0.717, 1.165) is 9.87 Å². The van der Waals surface area contributed by atoms with Crippen LogP contribution < -0.4 is 5.32 Å². The van der Waals surface area contributed by atoms with Gasteiger partial charge in [0.1, 0.15) is 5.82 Å². The highest BCUT2D eigenvalue weighted by molar-refractivity contribution is 7.89. The summed E-state index contributed by atoms with van der Waals surface area (Å²) >= 11 is 0. The maximum atomic E-state index is 13.6. The number of sulfonamides is 1. The molecule has 0 bridgehead atoms. The van der Waals surface area contributed by atoms with E-state index < -0.39 is 21.7 Å². The van der Waals surface area contributed by atoms with Gasteiger partial charge in [-0.3, -0.25) is 4.79 Å². The summed E-state index contributed by atoms with van der Waals surface area (Å²) in [5.74, 6) is -1.17. The number of amides is 1. The normalized spacial score (nSPS) is 11.6. The van der Waals surface area contributed by atoms with Crippen molar-refractivity contribution < 1.29 is 17.6 Å². The van der Waals surface area contributed by atoms with Gasteiger partial charge in [0, 0.05) is 6.54 Å². The van der Waals surface area contributed by atoms with Crippen molar-refractivity contribution in [2.45, 2.75) is 25.7 Å². The molecule has 2 rings (SSSR count). The number of para-hydroxylation sites is 1. The predicted molar refractivity (Wildman–Crippen MR) is 95.4 cm³/mol. The molecular weight excluding hydrogens is 343 g/mol. The van der Waals surface area contributed by atoms with Crippen LogP contribution in [0.4, 0.5) is 10.1 Å². The molecule has 0 radical (unpaired) electrons. The molecule has 0 aromatic heterocycles. The molecule has 134 valence electrons. The second-order valence-electron chi connectivity index (χ2n) is 5.73. The third-order valence-corrected chi connectivity index (χ3v) is 5.84. The second-order valence-corrected chi connectivity index (χ2v) is 7.63. The third kappa shape index (κ3) is 4.43. The SMILES string of the molecule is CCN(CC(=O)Nc1ccccc1F)S(=O)(=O)c1cc(C)ccc1C. The Kier molecular flexibility index (Phi) is 5.92. The highest BCUT2D eigenvalue weighted by Gasteiger charge is 2.27. The summed E-state index contributed by atoms with van der Waals surface area (Å²) in [6.07, 6.45) is 0. The van der Waals surface area contributed by atoms with E-state index >= 15 is 0 Å². The van der Waals surface area contributed by atoms with Crippen LogP contribution in [0.1, 0.15) is 18.1 Å². The van der Waals surface area contributed by atoms with Gasteiger partial charge in [0.2, 0.25) is 15.9 Å². The average molecular weight is 364 g/mol. The maximum Gasteiger partial charge on any atom is 0.243 e. The first-order valence-corrected chi connectivity index (χ1v) is 9.31. The van der Waals surface area contributed by atoms with Crippen molar-refractivity contribution in [3.05, 3.63) is 59.4 Å². The molecule has 0 spiro atoms. The first-order chi connectivity index (χ1) is 11.8. The number of carbonyl (C=O) groups is 1. The molecule has 2 aromatic carbocycles. The lowest BCUT2D eigenvalue weighted by atomic mass is 10.2. The van der Waals surface area contributed by atoms with Crippen LogP contribution in [0.25, 0.3) is 0 Å².